The van der Waals surface area contributed by atoms with E-state index in [1.165, 1.54) is 44.9 Å². The zero-order valence-corrected chi connectivity index (χ0v) is 6.81. The Hall–Kier alpha value is -0.0400. The van der Waals surface area contributed by atoms with Crippen molar-refractivity contribution in [3.05, 3.63) is 0 Å². The van der Waals surface area contributed by atoms with Crippen LogP contribution in [0.2, 0.25) is 0 Å². The van der Waals surface area contributed by atoms with E-state index in [4.69, 9.17) is 5.73 Å². The van der Waals surface area contributed by atoms with Gasteiger partial charge in [-0.05, 0) is 18.9 Å². The second-order valence-electron chi connectivity index (χ2n) is 3.43. The molecule has 1 aliphatic rings. The van der Waals surface area contributed by atoms with E-state index in [0.29, 0.717) is 0 Å². The predicted octanol–water partition coefficient (Wildman–Crippen LogP) is 2.31. The minimum Gasteiger partial charge on any atom is -0.330 e. The third-order valence-electron chi connectivity index (χ3n) is 2.54. The smallest absolute Gasteiger partial charge is 0.00773 e. The summed E-state index contributed by atoms with van der Waals surface area (Å²) < 4.78 is 0. The maximum atomic E-state index is 5.41. The van der Waals surface area contributed by atoms with Gasteiger partial charge in [0.1, 0.15) is 0 Å². The van der Waals surface area contributed by atoms with Crippen molar-refractivity contribution in [3.63, 3.8) is 0 Å². The number of nitrogens with two attached hydrogens (primary N) is 1. The average Bonchev–Trinajstić information content (AvgIpc) is 2.41. The Balaban J connectivity index is 1.91. The van der Waals surface area contributed by atoms with E-state index in [0.717, 1.165) is 12.5 Å². The third kappa shape index (κ3) is 2.70. The summed E-state index contributed by atoms with van der Waals surface area (Å²) in [6, 6.07) is 0. The molecule has 0 amide bonds. The first kappa shape index (κ1) is 8.06. The molecule has 0 bridgehead atoms. The monoisotopic (exact) mass is 141 g/mol. The second-order valence-corrected chi connectivity index (χ2v) is 3.43. The fourth-order valence-electron chi connectivity index (χ4n) is 1.88. The van der Waals surface area contributed by atoms with E-state index in [1.807, 2.05) is 0 Å². The van der Waals surface area contributed by atoms with E-state index in [2.05, 4.69) is 0 Å². The summed E-state index contributed by atoms with van der Waals surface area (Å²) in [5.74, 6) is 1.06. The van der Waals surface area contributed by atoms with E-state index < -0.39 is 0 Å². The largest absolute Gasteiger partial charge is 0.330 e. The summed E-state index contributed by atoms with van der Waals surface area (Å²) in [6.07, 6.45) is 9.98. The molecule has 1 fully saturated rings. The van der Waals surface area contributed by atoms with Gasteiger partial charge in [-0.25, -0.2) is 0 Å². The summed E-state index contributed by atoms with van der Waals surface area (Å²) >= 11 is 0. The minimum atomic E-state index is 0.882. The van der Waals surface area contributed by atoms with Gasteiger partial charge >= 0.3 is 0 Å². The van der Waals surface area contributed by atoms with Crippen molar-refractivity contribution < 1.29 is 0 Å². The van der Waals surface area contributed by atoms with Crippen molar-refractivity contribution in [2.45, 2.75) is 44.9 Å². The minimum absolute atomic E-state index is 0.882. The molecule has 0 unspecified atom stereocenters. The Morgan fingerprint density at radius 3 is 2.40 bits per heavy atom. The molecule has 0 radical (unpaired) electrons. The lowest BCUT2D eigenvalue weighted by Crippen LogP contribution is -2.00. The van der Waals surface area contributed by atoms with Gasteiger partial charge in [0.05, 0.1) is 0 Å². The van der Waals surface area contributed by atoms with Gasteiger partial charge in [-0.3, -0.25) is 0 Å². The van der Waals surface area contributed by atoms with Crippen LogP contribution in [0.25, 0.3) is 0 Å². The molecule has 0 aromatic heterocycles. The zero-order valence-electron chi connectivity index (χ0n) is 6.81. The highest BCUT2D eigenvalue weighted by molar-refractivity contribution is 4.66. The van der Waals surface area contributed by atoms with Gasteiger partial charge in [0.25, 0.3) is 0 Å². The van der Waals surface area contributed by atoms with Crippen LogP contribution >= 0.6 is 0 Å². The molecule has 1 saturated carbocycles. The Morgan fingerprint density at radius 2 is 1.80 bits per heavy atom. The summed E-state index contributed by atoms with van der Waals surface area (Å²) in [6.45, 7) is 0.882. The fourth-order valence-corrected chi connectivity index (χ4v) is 1.88. The van der Waals surface area contributed by atoms with E-state index >= 15 is 0 Å². The van der Waals surface area contributed by atoms with Gasteiger partial charge < -0.3 is 5.73 Å². The third-order valence-corrected chi connectivity index (χ3v) is 2.54. The molecule has 0 aromatic rings. The second kappa shape index (κ2) is 4.73. The van der Waals surface area contributed by atoms with Gasteiger partial charge in [-0.15, -0.1) is 0 Å². The lowest BCUT2D eigenvalue weighted by molar-refractivity contribution is 0.476. The first-order valence-corrected chi connectivity index (χ1v) is 4.63. The molecule has 1 nitrogen and oxygen atoms in total. The standard InChI is InChI=1S/C9H19N/c10-8-4-3-7-9-5-1-2-6-9/h9H,1-8,10H2. The number of hydrogen-bond acceptors (Lipinski definition) is 1. The molecule has 0 saturated heterocycles. The van der Waals surface area contributed by atoms with Crippen LogP contribution in [0.5, 0.6) is 0 Å². The van der Waals surface area contributed by atoms with Crippen LogP contribution < -0.4 is 5.73 Å². The van der Waals surface area contributed by atoms with Crippen molar-refractivity contribution in [2.24, 2.45) is 11.7 Å². The molecular weight excluding hydrogens is 122 g/mol. The van der Waals surface area contributed by atoms with E-state index in [-0.39, 0.29) is 0 Å². The molecule has 0 atom stereocenters. The fraction of sp³-hybridized carbons (Fsp3) is 1.00. The van der Waals surface area contributed by atoms with Crippen LogP contribution in [-0.4, -0.2) is 6.54 Å². The Kier molecular flexibility index (Phi) is 3.81. The molecule has 0 aliphatic heterocycles. The van der Waals surface area contributed by atoms with Crippen molar-refractivity contribution in [3.8, 4) is 0 Å². The van der Waals surface area contributed by atoms with Crippen LogP contribution in [0, 0.1) is 5.92 Å². The van der Waals surface area contributed by atoms with E-state index in [1.54, 1.807) is 0 Å². The van der Waals surface area contributed by atoms with Crippen LogP contribution in [0.15, 0.2) is 0 Å². The van der Waals surface area contributed by atoms with Gasteiger partial charge in [0, 0.05) is 0 Å². The Morgan fingerprint density at radius 1 is 1.10 bits per heavy atom. The van der Waals surface area contributed by atoms with Gasteiger partial charge in [0.15, 0.2) is 0 Å². The Labute approximate surface area is 64.0 Å². The quantitative estimate of drug-likeness (QED) is 0.597. The van der Waals surface area contributed by atoms with Crippen molar-refractivity contribution in [1.29, 1.82) is 0 Å². The van der Waals surface area contributed by atoms with Crippen LogP contribution in [-0.2, 0) is 0 Å². The lowest BCUT2D eigenvalue weighted by atomic mass is 10.0. The maximum Gasteiger partial charge on any atom is -0.00773 e. The van der Waals surface area contributed by atoms with Gasteiger partial charge in [-0.2, -0.15) is 0 Å². The number of rotatable bonds is 4. The summed E-state index contributed by atoms with van der Waals surface area (Å²) in [5, 5.41) is 0. The highest BCUT2D eigenvalue weighted by atomic mass is 14.5. The molecule has 2 N–H and O–H groups in total. The highest BCUT2D eigenvalue weighted by Crippen LogP contribution is 2.28. The predicted molar refractivity (Wildman–Crippen MR) is 44.9 cm³/mol. The van der Waals surface area contributed by atoms with Gasteiger partial charge in [0.2, 0.25) is 0 Å². The van der Waals surface area contributed by atoms with E-state index in [9.17, 15) is 0 Å². The van der Waals surface area contributed by atoms with Crippen molar-refractivity contribution >= 4 is 0 Å². The Bertz CT molecular complexity index is 74.8. The zero-order chi connectivity index (χ0) is 7.23. The number of hydrogen-bond donors (Lipinski definition) is 1. The van der Waals surface area contributed by atoms with Crippen molar-refractivity contribution in [2.75, 3.05) is 6.54 Å². The topological polar surface area (TPSA) is 26.0 Å². The SMILES string of the molecule is NCCCCC1CCCC1. The average molecular weight is 141 g/mol. The summed E-state index contributed by atoms with van der Waals surface area (Å²) in [7, 11) is 0. The molecule has 1 aliphatic carbocycles. The molecule has 60 valence electrons. The lowest BCUT2D eigenvalue weighted by Gasteiger charge is -2.06. The molecule has 0 aromatic carbocycles. The molecule has 1 rings (SSSR count). The summed E-state index contributed by atoms with van der Waals surface area (Å²) in [4.78, 5) is 0. The number of unbranched alkanes of at least 4 members (excludes halogenated alkanes) is 1. The molecular formula is C9H19N. The van der Waals surface area contributed by atoms with Gasteiger partial charge in [-0.1, -0.05) is 38.5 Å². The molecule has 0 heterocycles. The molecule has 1 heteroatoms. The molecule has 0 spiro atoms. The highest BCUT2D eigenvalue weighted by Gasteiger charge is 2.13. The van der Waals surface area contributed by atoms with Crippen molar-refractivity contribution in [1.82, 2.24) is 0 Å². The van der Waals surface area contributed by atoms with Crippen LogP contribution in [0.4, 0.5) is 0 Å². The van der Waals surface area contributed by atoms with Crippen LogP contribution in [0.1, 0.15) is 44.9 Å². The first-order chi connectivity index (χ1) is 4.93. The summed E-state index contributed by atoms with van der Waals surface area (Å²) in [5.41, 5.74) is 5.41. The normalized spacial score (nSPS) is 20.1. The van der Waals surface area contributed by atoms with Crippen LogP contribution in [0.3, 0.4) is 0 Å². The maximum absolute atomic E-state index is 5.41. The first-order valence-electron chi connectivity index (χ1n) is 4.63. The molecule has 10 heavy (non-hydrogen) atoms.